The summed E-state index contributed by atoms with van der Waals surface area (Å²) in [4.78, 5) is 21.3. The number of carbonyl (C=O) groups excluding carboxylic acids is 1. The molecule has 1 rings (SSSR count). The highest BCUT2D eigenvalue weighted by molar-refractivity contribution is 5.89. The van der Waals surface area contributed by atoms with E-state index in [0.29, 0.717) is 5.69 Å². The quantitative estimate of drug-likeness (QED) is 0.456. The van der Waals surface area contributed by atoms with E-state index in [2.05, 4.69) is 10.6 Å². The second-order valence-corrected chi connectivity index (χ2v) is 4.27. The van der Waals surface area contributed by atoms with Crippen LogP contribution in [0.1, 0.15) is 6.92 Å². The zero-order chi connectivity index (χ0) is 14.5. The van der Waals surface area contributed by atoms with E-state index in [1.807, 2.05) is 0 Å². The van der Waals surface area contributed by atoms with Gasteiger partial charge in [0.05, 0.1) is 18.1 Å². The van der Waals surface area contributed by atoms with Crippen molar-refractivity contribution < 1.29 is 19.9 Å². The Morgan fingerprint density at radius 1 is 1.42 bits per heavy atom. The van der Waals surface area contributed by atoms with Gasteiger partial charge in [-0.2, -0.15) is 0 Å². The highest BCUT2D eigenvalue weighted by atomic mass is 16.6. The number of hydrogen-bond acceptors (Lipinski definition) is 5. The number of carbonyl (C=O) groups is 1. The third-order valence-corrected chi connectivity index (χ3v) is 2.31. The summed E-state index contributed by atoms with van der Waals surface area (Å²) in [6.45, 7) is 0.770. The predicted octanol–water partition coefficient (Wildman–Crippen LogP) is 0.460. The predicted molar refractivity (Wildman–Crippen MR) is 67.8 cm³/mol. The lowest BCUT2D eigenvalue weighted by atomic mass is 10.1. The number of amides is 2. The average Bonchev–Trinajstić information content (AvgIpc) is 2.37. The third-order valence-electron chi connectivity index (χ3n) is 2.31. The molecule has 0 radical (unpaired) electrons. The number of benzene rings is 1. The fourth-order valence-electron chi connectivity index (χ4n) is 1.17. The van der Waals surface area contributed by atoms with Crippen molar-refractivity contribution in [2.45, 2.75) is 12.5 Å². The zero-order valence-corrected chi connectivity index (χ0v) is 10.3. The van der Waals surface area contributed by atoms with E-state index < -0.39 is 23.2 Å². The third kappa shape index (κ3) is 4.90. The first-order valence-corrected chi connectivity index (χ1v) is 5.46. The molecule has 1 aromatic carbocycles. The maximum absolute atomic E-state index is 11.4. The van der Waals surface area contributed by atoms with Gasteiger partial charge in [-0.25, -0.2) is 4.79 Å². The molecule has 1 atom stereocenters. The number of non-ortho nitro benzene ring substituents is 1. The second kappa shape index (κ2) is 6.12. The Morgan fingerprint density at radius 3 is 2.47 bits per heavy atom. The molecule has 0 heterocycles. The number of anilines is 1. The van der Waals surface area contributed by atoms with Gasteiger partial charge in [0.25, 0.3) is 5.69 Å². The summed E-state index contributed by atoms with van der Waals surface area (Å²) in [6, 6.07) is 4.73. The van der Waals surface area contributed by atoms with E-state index in [9.17, 15) is 20.0 Å². The van der Waals surface area contributed by atoms with Crippen LogP contribution in [0.4, 0.5) is 16.2 Å². The second-order valence-electron chi connectivity index (χ2n) is 4.27. The van der Waals surface area contributed by atoms with E-state index in [0.717, 1.165) is 0 Å². The van der Waals surface area contributed by atoms with Crippen LogP contribution in [0.15, 0.2) is 24.3 Å². The fourth-order valence-corrected chi connectivity index (χ4v) is 1.17. The van der Waals surface area contributed by atoms with E-state index in [1.54, 1.807) is 0 Å². The molecule has 0 spiro atoms. The molecule has 0 bridgehead atoms. The molecule has 1 unspecified atom stereocenters. The molecule has 0 aliphatic heterocycles. The summed E-state index contributed by atoms with van der Waals surface area (Å²) in [7, 11) is 0. The number of aliphatic hydroxyl groups excluding tert-OH is 1. The Hall–Kier alpha value is -2.19. The van der Waals surface area contributed by atoms with Crippen LogP contribution in [0.2, 0.25) is 0 Å². The van der Waals surface area contributed by atoms with Gasteiger partial charge in [0, 0.05) is 17.8 Å². The molecule has 8 nitrogen and oxygen atoms in total. The number of urea groups is 1. The first-order chi connectivity index (χ1) is 8.84. The largest absolute Gasteiger partial charge is 0.393 e. The van der Waals surface area contributed by atoms with Gasteiger partial charge < -0.3 is 20.8 Å². The molecular formula is C11H15N3O5. The summed E-state index contributed by atoms with van der Waals surface area (Å²) in [5.41, 5.74) is -1.09. The van der Waals surface area contributed by atoms with Crippen LogP contribution in [0.3, 0.4) is 0 Å². The van der Waals surface area contributed by atoms with Gasteiger partial charge in [-0.1, -0.05) is 0 Å². The van der Waals surface area contributed by atoms with E-state index >= 15 is 0 Å². The van der Waals surface area contributed by atoms with Crippen LogP contribution < -0.4 is 10.6 Å². The molecule has 2 amide bonds. The van der Waals surface area contributed by atoms with Crippen molar-refractivity contribution in [1.82, 2.24) is 5.32 Å². The van der Waals surface area contributed by atoms with Crippen LogP contribution in [-0.2, 0) is 0 Å². The van der Waals surface area contributed by atoms with Crippen molar-refractivity contribution in [1.29, 1.82) is 0 Å². The van der Waals surface area contributed by atoms with Crippen LogP contribution >= 0.6 is 0 Å². The number of nitrogens with one attached hydrogen (secondary N) is 2. The Labute approximate surface area is 109 Å². The van der Waals surface area contributed by atoms with E-state index in [-0.39, 0.29) is 12.2 Å². The normalized spacial score (nSPS) is 13.4. The van der Waals surface area contributed by atoms with Crippen molar-refractivity contribution in [3.8, 4) is 0 Å². The molecule has 104 valence electrons. The monoisotopic (exact) mass is 269 g/mol. The fraction of sp³-hybridized carbons (Fsp3) is 0.364. The van der Waals surface area contributed by atoms with Crippen LogP contribution in [-0.4, -0.2) is 39.9 Å². The Balaban J connectivity index is 2.51. The van der Waals surface area contributed by atoms with E-state index in [4.69, 9.17) is 5.11 Å². The molecule has 19 heavy (non-hydrogen) atoms. The number of aliphatic hydroxyl groups is 2. The van der Waals surface area contributed by atoms with Crippen molar-refractivity contribution in [3.05, 3.63) is 34.4 Å². The SMILES string of the molecule is CC(O)(CO)CNC(=O)Nc1ccc([N+](=O)[O-])cc1. The number of nitro groups is 1. The highest BCUT2D eigenvalue weighted by Gasteiger charge is 2.19. The molecular weight excluding hydrogens is 254 g/mol. The van der Waals surface area contributed by atoms with Crippen LogP contribution in [0.25, 0.3) is 0 Å². The minimum Gasteiger partial charge on any atom is -0.393 e. The van der Waals surface area contributed by atoms with Crippen LogP contribution in [0, 0.1) is 10.1 Å². The molecule has 4 N–H and O–H groups in total. The van der Waals surface area contributed by atoms with Crippen LogP contribution in [0.5, 0.6) is 0 Å². The minimum absolute atomic E-state index is 0.0748. The zero-order valence-electron chi connectivity index (χ0n) is 10.3. The molecule has 8 heteroatoms. The van der Waals surface area contributed by atoms with Crippen molar-refractivity contribution >= 4 is 17.4 Å². The van der Waals surface area contributed by atoms with Gasteiger partial charge in [0.15, 0.2) is 0 Å². The highest BCUT2D eigenvalue weighted by Crippen LogP contribution is 2.15. The molecule has 0 saturated carbocycles. The molecule has 0 fully saturated rings. The molecule has 0 saturated heterocycles. The molecule has 0 aliphatic carbocycles. The topological polar surface area (TPSA) is 125 Å². The number of nitro benzene ring substituents is 1. The summed E-state index contributed by atoms with van der Waals surface area (Å²) in [5.74, 6) is 0. The van der Waals surface area contributed by atoms with Crippen molar-refractivity contribution in [2.24, 2.45) is 0 Å². The van der Waals surface area contributed by atoms with Gasteiger partial charge in [0.1, 0.15) is 5.60 Å². The van der Waals surface area contributed by atoms with Gasteiger partial charge in [-0.15, -0.1) is 0 Å². The average molecular weight is 269 g/mol. The lowest BCUT2D eigenvalue weighted by Crippen LogP contribution is -2.44. The number of hydrogen-bond donors (Lipinski definition) is 4. The van der Waals surface area contributed by atoms with E-state index in [1.165, 1.54) is 31.2 Å². The first kappa shape index (κ1) is 14.9. The first-order valence-electron chi connectivity index (χ1n) is 5.46. The summed E-state index contributed by atoms with van der Waals surface area (Å²) < 4.78 is 0. The molecule has 1 aromatic rings. The summed E-state index contributed by atoms with van der Waals surface area (Å²) in [5, 5.41) is 33.5. The van der Waals surface area contributed by atoms with Gasteiger partial charge in [0.2, 0.25) is 0 Å². The van der Waals surface area contributed by atoms with Gasteiger partial charge in [-0.05, 0) is 19.1 Å². The van der Waals surface area contributed by atoms with Gasteiger partial charge in [-0.3, -0.25) is 10.1 Å². The lowest BCUT2D eigenvalue weighted by molar-refractivity contribution is -0.384. The smallest absolute Gasteiger partial charge is 0.319 e. The summed E-state index contributed by atoms with van der Waals surface area (Å²) >= 11 is 0. The van der Waals surface area contributed by atoms with Crippen molar-refractivity contribution in [2.75, 3.05) is 18.5 Å². The minimum atomic E-state index is -1.40. The standard InChI is InChI=1S/C11H15N3O5/c1-11(17,7-15)6-12-10(16)13-8-2-4-9(5-3-8)14(18)19/h2-5,15,17H,6-7H2,1H3,(H2,12,13,16). The summed E-state index contributed by atoms with van der Waals surface area (Å²) in [6.07, 6.45) is 0. The number of nitrogens with zero attached hydrogens (tertiary/aromatic N) is 1. The van der Waals surface area contributed by atoms with Gasteiger partial charge >= 0.3 is 6.03 Å². The Kier molecular flexibility index (Phi) is 4.79. The Bertz CT molecular complexity index is 458. The molecule has 0 aliphatic rings. The maximum Gasteiger partial charge on any atom is 0.319 e. The van der Waals surface area contributed by atoms with Crippen molar-refractivity contribution in [3.63, 3.8) is 0 Å². The maximum atomic E-state index is 11.4. The molecule has 0 aromatic heterocycles. The number of rotatable bonds is 5. The lowest BCUT2D eigenvalue weighted by Gasteiger charge is -2.20. The Morgan fingerprint density at radius 2 is 2.00 bits per heavy atom.